The zero-order valence-electron chi connectivity index (χ0n) is 11.8. The Hall–Kier alpha value is -1.38. The number of hydrogen-bond acceptors (Lipinski definition) is 1. The molecule has 0 saturated heterocycles. The van der Waals surface area contributed by atoms with Crippen molar-refractivity contribution >= 4 is 11.6 Å². The monoisotopic (exact) mass is 291 g/mol. The van der Waals surface area contributed by atoms with Gasteiger partial charge in [0, 0.05) is 12.6 Å². The highest BCUT2D eigenvalue weighted by atomic mass is 35.5. The van der Waals surface area contributed by atoms with E-state index in [0.717, 1.165) is 12.0 Å². The molecular formula is C17H19ClFN. The molecular weight excluding hydrogens is 273 g/mol. The van der Waals surface area contributed by atoms with Crippen molar-refractivity contribution in [3.63, 3.8) is 0 Å². The largest absolute Gasteiger partial charge is 0.306 e. The first kappa shape index (κ1) is 15.0. The highest BCUT2D eigenvalue weighted by Gasteiger charge is 2.08. The molecule has 0 aliphatic rings. The van der Waals surface area contributed by atoms with E-state index in [4.69, 9.17) is 11.6 Å². The zero-order chi connectivity index (χ0) is 14.5. The summed E-state index contributed by atoms with van der Waals surface area (Å²) in [7, 11) is 0. The lowest BCUT2D eigenvalue weighted by Crippen LogP contribution is -2.18. The second-order valence-electron chi connectivity index (χ2n) is 4.91. The van der Waals surface area contributed by atoms with E-state index in [1.807, 2.05) is 6.07 Å². The van der Waals surface area contributed by atoms with Crippen LogP contribution in [-0.4, -0.2) is 0 Å². The van der Waals surface area contributed by atoms with Gasteiger partial charge in [-0.2, -0.15) is 0 Å². The van der Waals surface area contributed by atoms with Gasteiger partial charge < -0.3 is 5.32 Å². The second kappa shape index (κ2) is 6.87. The average molecular weight is 292 g/mol. The predicted molar refractivity (Wildman–Crippen MR) is 82.5 cm³/mol. The number of hydrogen-bond donors (Lipinski definition) is 1. The van der Waals surface area contributed by atoms with Gasteiger partial charge in [0.2, 0.25) is 0 Å². The summed E-state index contributed by atoms with van der Waals surface area (Å²) in [6, 6.07) is 13.6. The van der Waals surface area contributed by atoms with E-state index in [1.54, 1.807) is 6.07 Å². The first-order chi connectivity index (χ1) is 9.61. The third-order valence-corrected chi connectivity index (χ3v) is 3.94. The quantitative estimate of drug-likeness (QED) is 0.827. The normalized spacial score (nSPS) is 12.4. The SMILES string of the molecule is CCc1ccc(C(C)NCc2cccc(F)c2Cl)cc1. The van der Waals surface area contributed by atoms with Crippen LogP contribution in [0.5, 0.6) is 0 Å². The Bertz CT molecular complexity index is 566. The van der Waals surface area contributed by atoms with Crippen molar-refractivity contribution in [2.45, 2.75) is 32.9 Å². The van der Waals surface area contributed by atoms with Crippen molar-refractivity contribution in [2.75, 3.05) is 0 Å². The predicted octanol–water partition coefficient (Wildman–Crippen LogP) is 4.89. The minimum absolute atomic E-state index is 0.195. The third kappa shape index (κ3) is 3.59. The summed E-state index contributed by atoms with van der Waals surface area (Å²) in [5, 5.41) is 3.57. The molecule has 1 nitrogen and oxygen atoms in total. The van der Waals surface area contributed by atoms with Crippen LogP contribution in [0.1, 0.15) is 36.6 Å². The number of rotatable bonds is 5. The van der Waals surface area contributed by atoms with E-state index in [2.05, 4.69) is 43.4 Å². The van der Waals surface area contributed by atoms with Crippen LogP contribution in [0.15, 0.2) is 42.5 Å². The Kier molecular flexibility index (Phi) is 5.16. The lowest BCUT2D eigenvalue weighted by molar-refractivity contribution is 0.569. The van der Waals surface area contributed by atoms with Gasteiger partial charge in [-0.25, -0.2) is 4.39 Å². The van der Waals surface area contributed by atoms with Crippen molar-refractivity contribution in [3.8, 4) is 0 Å². The van der Waals surface area contributed by atoms with Crippen LogP contribution in [-0.2, 0) is 13.0 Å². The topological polar surface area (TPSA) is 12.0 Å². The fraction of sp³-hybridized carbons (Fsp3) is 0.294. The van der Waals surface area contributed by atoms with Crippen LogP contribution in [0.25, 0.3) is 0 Å². The van der Waals surface area contributed by atoms with E-state index < -0.39 is 0 Å². The smallest absolute Gasteiger partial charge is 0.142 e. The molecule has 0 heterocycles. The van der Waals surface area contributed by atoms with Gasteiger partial charge in [-0.3, -0.25) is 0 Å². The second-order valence-corrected chi connectivity index (χ2v) is 5.29. The molecule has 1 N–H and O–H groups in total. The molecule has 1 unspecified atom stereocenters. The number of nitrogens with one attached hydrogen (secondary N) is 1. The van der Waals surface area contributed by atoms with Crippen LogP contribution in [0.2, 0.25) is 5.02 Å². The minimum Gasteiger partial charge on any atom is -0.306 e. The van der Waals surface area contributed by atoms with Crippen molar-refractivity contribution < 1.29 is 4.39 Å². The summed E-state index contributed by atoms with van der Waals surface area (Å²) in [4.78, 5) is 0. The zero-order valence-corrected chi connectivity index (χ0v) is 12.5. The molecule has 0 aliphatic carbocycles. The molecule has 0 fully saturated rings. The van der Waals surface area contributed by atoms with E-state index in [-0.39, 0.29) is 16.9 Å². The highest BCUT2D eigenvalue weighted by molar-refractivity contribution is 6.31. The maximum absolute atomic E-state index is 13.4. The molecule has 106 valence electrons. The van der Waals surface area contributed by atoms with E-state index in [0.29, 0.717) is 6.54 Å². The molecule has 0 amide bonds. The number of benzene rings is 2. The fourth-order valence-electron chi connectivity index (χ4n) is 2.11. The number of aryl methyl sites for hydroxylation is 1. The van der Waals surface area contributed by atoms with Crippen molar-refractivity contribution in [3.05, 3.63) is 70.0 Å². The van der Waals surface area contributed by atoms with Crippen LogP contribution in [0, 0.1) is 5.82 Å². The maximum atomic E-state index is 13.4. The lowest BCUT2D eigenvalue weighted by Gasteiger charge is -2.15. The van der Waals surface area contributed by atoms with Crippen molar-refractivity contribution in [1.29, 1.82) is 0 Å². The molecule has 1 atom stereocenters. The van der Waals surface area contributed by atoms with Gasteiger partial charge in [0.1, 0.15) is 5.82 Å². The molecule has 20 heavy (non-hydrogen) atoms. The first-order valence-electron chi connectivity index (χ1n) is 6.87. The molecule has 3 heteroatoms. The Labute approximate surface area is 124 Å². The van der Waals surface area contributed by atoms with E-state index >= 15 is 0 Å². The third-order valence-electron chi connectivity index (χ3n) is 3.52. The molecule has 0 bridgehead atoms. The summed E-state index contributed by atoms with van der Waals surface area (Å²) in [6.45, 7) is 4.78. The highest BCUT2D eigenvalue weighted by Crippen LogP contribution is 2.21. The summed E-state index contributed by atoms with van der Waals surface area (Å²) in [6.07, 6.45) is 1.04. The van der Waals surface area contributed by atoms with Crippen LogP contribution >= 0.6 is 11.6 Å². The molecule has 0 spiro atoms. The number of halogens is 2. The fourth-order valence-corrected chi connectivity index (χ4v) is 2.30. The first-order valence-corrected chi connectivity index (χ1v) is 7.24. The van der Waals surface area contributed by atoms with E-state index in [9.17, 15) is 4.39 Å². The molecule has 0 saturated carbocycles. The van der Waals surface area contributed by atoms with Crippen LogP contribution in [0.4, 0.5) is 4.39 Å². The average Bonchev–Trinajstić information content (AvgIpc) is 2.48. The van der Waals surface area contributed by atoms with Gasteiger partial charge in [0.05, 0.1) is 5.02 Å². The molecule has 2 rings (SSSR count). The van der Waals surface area contributed by atoms with Crippen LogP contribution in [0.3, 0.4) is 0 Å². The van der Waals surface area contributed by atoms with Crippen molar-refractivity contribution in [1.82, 2.24) is 5.32 Å². The summed E-state index contributed by atoms with van der Waals surface area (Å²) >= 11 is 5.95. The van der Waals surface area contributed by atoms with Gasteiger partial charge in [0.15, 0.2) is 0 Å². The summed E-state index contributed by atoms with van der Waals surface area (Å²) in [5.41, 5.74) is 3.33. The Morgan fingerprint density at radius 3 is 2.50 bits per heavy atom. The Morgan fingerprint density at radius 2 is 1.85 bits per heavy atom. The Morgan fingerprint density at radius 1 is 1.15 bits per heavy atom. The van der Waals surface area contributed by atoms with Gasteiger partial charge >= 0.3 is 0 Å². The van der Waals surface area contributed by atoms with Crippen molar-refractivity contribution in [2.24, 2.45) is 0 Å². The van der Waals surface area contributed by atoms with Gasteiger partial charge in [0.25, 0.3) is 0 Å². The maximum Gasteiger partial charge on any atom is 0.142 e. The van der Waals surface area contributed by atoms with Gasteiger partial charge in [-0.15, -0.1) is 0 Å². The molecule has 0 radical (unpaired) electrons. The summed E-state index contributed by atoms with van der Waals surface area (Å²) in [5.74, 6) is -0.370. The lowest BCUT2D eigenvalue weighted by atomic mass is 10.0. The summed E-state index contributed by atoms with van der Waals surface area (Å²) < 4.78 is 13.4. The molecule has 0 aliphatic heterocycles. The Balaban J connectivity index is 2.00. The van der Waals surface area contributed by atoms with Gasteiger partial charge in [-0.1, -0.05) is 54.9 Å². The van der Waals surface area contributed by atoms with Gasteiger partial charge in [-0.05, 0) is 36.1 Å². The molecule has 0 aromatic heterocycles. The van der Waals surface area contributed by atoms with Crippen LogP contribution < -0.4 is 5.32 Å². The minimum atomic E-state index is -0.370. The molecule has 2 aromatic rings. The van der Waals surface area contributed by atoms with E-state index in [1.165, 1.54) is 17.2 Å². The molecule has 2 aromatic carbocycles. The standard InChI is InChI=1S/C17H19ClFN/c1-3-13-7-9-14(10-8-13)12(2)20-11-15-5-4-6-16(19)17(15)18/h4-10,12,20H,3,11H2,1-2H3.